The number of carbonyl (C=O) groups is 2. The number of nitrogens with one attached hydrogen (secondary N) is 1. The third-order valence-electron chi connectivity index (χ3n) is 7.49. The van der Waals surface area contributed by atoms with E-state index < -0.39 is 34.3 Å². The molecule has 4 aromatic rings. The Morgan fingerprint density at radius 2 is 1.40 bits per heavy atom. The third-order valence-corrected chi connectivity index (χ3v) is 9.26. The molecule has 248 valence electrons. The largest absolute Gasteiger partial charge is 0.493 e. The van der Waals surface area contributed by atoms with E-state index in [0.717, 1.165) is 27.6 Å². The lowest BCUT2D eigenvalue weighted by molar-refractivity contribution is -0.140. The predicted molar refractivity (Wildman–Crippen MR) is 179 cm³/mol. The monoisotopic (exact) mass is 661 g/mol. The summed E-state index contributed by atoms with van der Waals surface area (Å²) in [6.07, 6.45) is 0.197. The summed E-state index contributed by atoms with van der Waals surface area (Å²) in [6, 6.07) is 26.5. The molecule has 0 aliphatic rings. The maximum atomic E-state index is 14.5. The van der Waals surface area contributed by atoms with Crippen molar-refractivity contribution in [3.05, 3.63) is 120 Å². The molecule has 0 aliphatic heterocycles. The smallest absolute Gasteiger partial charge is 0.264 e. The number of amides is 2. The second-order valence-corrected chi connectivity index (χ2v) is 13.2. The Balaban J connectivity index is 1.80. The number of rotatable bonds is 15. The molecule has 9 nitrogen and oxygen atoms in total. The highest BCUT2D eigenvalue weighted by Crippen LogP contribution is 2.32. The highest BCUT2D eigenvalue weighted by Gasteiger charge is 2.35. The topological polar surface area (TPSA) is 105 Å². The van der Waals surface area contributed by atoms with Crippen molar-refractivity contribution in [2.45, 2.75) is 37.8 Å². The number of halogens is 1. The van der Waals surface area contributed by atoms with E-state index in [-0.39, 0.29) is 41.1 Å². The zero-order valence-corrected chi connectivity index (χ0v) is 27.7. The second kappa shape index (κ2) is 16.1. The molecule has 0 saturated carbocycles. The SMILES string of the molecule is COc1ccc(S(=O)(=O)N(CC(=O)N(Cc2ccccc2)[C@H](Cc2ccccc2)C(=O)NCC(C)C)c2ccc(F)cc2)cc1OC. The molecule has 0 spiro atoms. The number of hydrogen-bond donors (Lipinski definition) is 1. The van der Waals surface area contributed by atoms with Crippen LogP contribution in [0.5, 0.6) is 11.5 Å². The van der Waals surface area contributed by atoms with Crippen LogP contribution in [0.1, 0.15) is 25.0 Å². The van der Waals surface area contributed by atoms with E-state index in [9.17, 15) is 22.4 Å². The van der Waals surface area contributed by atoms with Crippen molar-refractivity contribution in [1.29, 1.82) is 0 Å². The summed E-state index contributed by atoms with van der Waals surface area (Å²) >= 11 is 0. The van der Waals surface area contributed by atoms with Gasteiger partial charge in [-0.15, -0.1) is 0 Å². The first-order valence-corrected chi connectivity index (χ1v) is 16.6. The van der Waals surface area contributed by atoms with Crippen molar-refractivity contribution in [1.82, 2.24) is 10.2 Å². The summed E-state index contributed by atoms with van der Waals surface area (Å²) in [6.45, 7) is 3.71. The lowest BCUT2D eigenvalue weighted by Gasteiger charge is -2.34. The predicted octanol–water partition coefficient (Wildman–Crippen LogP) is 5.45. The van der Waals surface area contributed by atoms with Crippen molar-refractivity contribution >= 4 is 27.5 Å². The van der Waals surface area contributed by atoms with Crippen LogP contribution < -0.4 is 19.1 Å². The maximum absolute atomic E-state index is 14.5. The molecule has 4 rings (SSSR count). The first-order chi connectivity index (χ1) is 22.5. The van der Waals surface area contributed by atoms with E-state index >= 15 is 0 Å². The van der Waals surface area contributed by atoms with E-state index in [1.165, 1.54) is 49.5 Å². The van der Waals surface area contributed by atoms with Crippen LogP contribution in [0.3, 0.4) is 0 Å². The molecule has 1 atom stereocenters. The number of methoxy groups -OCH3 is 2. The minimum atomic E-state index is -4.43. The molecule has 0 saturated heterocycles. The Labute approximate surface area is 276 Å². The first kappa shape index (κ1) is 35.0. The number of sulfonamides is 1. The van der Waals surface area contributed by atoms with Gasteiger partial charge in [-0.3, -0.25) is 13.9 Å². The molecule has 11 heteroatoms. The Bertz CT molecular complexity index is 1740. The molecule has 0 aromatic heterocycles. The summed E-state index contributed by atoms with van der Waals surface area (Å²) < 4.78 is 54.0. The number of ether oxygens (including phenoxy) is 2. The fourth-order valence-corrected chi connectivity index (χ4v) is 6.43. The molecule has 0 fully saturated rings. The molecule has 2 amide bonds. The van der Waals surface area contributed by atoms with Crippen molar-refractivity contribution in [3.8, 4) is 11.5 Å². The van der Waals surface area contributed by atoms with Gasteiger partial charge in [-0.2, -0.15) is 0 Å². The Morgan fingerprint density at radius 1 is 0.809 bits per heavy atom. The van der Waals surface area contributed by atoms with E-state index in [4.69, 9.17) is 9.47 Å². The summed E-state index contributed by atoms with van der Waals surface area (Å²) in [7, 11) is -1.61. The van der Waals surface area contributed by atoms with Crippen molar-refractivity contribution < 1.29 is 31.9 Å². The molecule has 0 heterocycles. The molecule has 0 aliphatic carbocycles. The van der Waals surface area contributed by atoms with Crippen molar-refractivity contribution in [2.75, 3.05) is 31.6 Å². The van der Waals surface area contributed by atoms with Crippen LogP contribution in [0.15, 0.2) is 108 Å². The Kier molecular flexibility index (Phi) is 12.0. The van der Waals surface area contributed by atoms with Crippen LogP contribution >= 0.6 is 0 Å². The molecule has 0 radical (unpaired) electrons. The van der Waals surface area contributed by atoms with Crippen LogP contribution in [0, 0.1) is 11.7 Å². The van der Waals surface area contributed by atoms with Gasteiger partial charge in [0.1, 0.15) is 18.4 Å². The maximum Gasteiger partial charge on any atom is 0.264 e. The Morgan fingerprint density at radius 3 is 1.98 bits per heavy atom. The van der Waals surface area contributed by atoms with E-state index in [1.54, 1.807) is 0 Å². The van der Waals surface area contributed by atoms with Gasteiger partial charge in [0.05, 0.1) is 24.8 Å². The molecule has 0 unspecified atom stereocenters. The lowest BCUT2D eigenvalue weighted by Crippen LogP contribution is -2.53. The van der Waals surface area contributed by atoms with Crippen LogP contribution in [0.25, 0.3) is 0 Å². The van der Waals surface area contributed by atoms with Gasteiger partial charge in [0, 0.05) is 25.6 Å². The molecule has 4 aromatic carbocycles. The lowest BCUT2D eigenvalue weighted by atomic mass is 10.0. The molecule has 47 heavy (non-hydrogen) atoms. The average molecular weight is 662 g/mol. The summed E-state index contributed by atoms with van der Waals surface area (Å²) in [4.78, 5) is 29.6. The van der Waals surface area contributed by atoms with Crippen LogP contribution in [-0.4, -0.2) is 58.5 Å². The van der Waals surface area contributed by atoms with Crippen LogP contribution in [-0.2, 0) is 32.6 Å². The van der Waals surface area contributed by atoms with E-state index in [0.29, 0.717) is 12.3 Å². The number of nitrogens with zero attached hydrogens (tertiary/aromatic N) is 2. The fourth-order valence-electron chi connectivity index (χ4n) is 5.00. The van der Waals surface area contributed by atoms with E-state index in [2.05, 4.69) is 5.32 Å². The van der Waals surface area contributed by atoms with Gasteiger partial charge in [0.25, 0.3) is 10.0 Å². The number of benzene rings is 4. The zero-order valence-electron chi connectivity index (χ0n) is 26.9. The standard InChI is InChI=1S/C36H40FN3O6S/c1-26(2)23-38-36(42)32(21-27-11-7-5-8-12-27)39(24-28-13-9-6-10-14-28)35(41)25-40(30-17-15-29(37)16-18-30)47(43,44)31-19-20-33(45-3)34(22-31)46-4/h5-20,22,26,32H,21,23-25H2,1-4H3,(H,38,42)/t32-/m1/s1. The zero-order chi connectivity index (χ0) is 34.0. The fraction of sp³-hybridized carbons (Fsp3) is 0.278. The number of anilines is 1. The van der Waals surface area contributed by atoms with Gasteiger partial charge in [-0.1, -0.05) is 74.5 Å². The Hall–Kier alpha value is -4.90. The van der Waals surface area contributed by atoms with Crippen molar-refractivity contribution in [3.63, 3.8) is 0 Å². The summed E-state index contributed by atoms with van der Waals surface area (Å²) in [5, 5.41) is 2.96. The highest BCUT2D eigenvalue weighted by atomic mass is 32.2. The molecular weight excluding hydrogens is 621 g/mol. The summed E-state index contributed by atoms with van der Waals surface area (Å²) in [5.41, 5.74) is 1.65. The van der Waals surface area contributed by atoms with Gasteiger partial charge >= 0.3 is 0 Å². The highest BCUT2D eigenvalue weighted by molar-refractivity contribution is 7.92. The first-order valence-electron chi connectivity index (χ1n) is 15.2. The molecular formula is C36H40FN3O6S. The van der Waals surface area contributed by atoms with Gasteiger partial charge in [-0.25, -0.2) is 12.8 Å². The quantitative estimate of drug-likeness (QED) is 0.182. The third kappa shape index (κ3) is 9.10. The van der Waals surface area contributed by atoms with Crippen molar-refractivity contribution in [2.24, 2.45) is 5.92 Å². The second-order valence-electron chi connectivity index (χ2n) is 11.4. The molecule has 0 bridgehead atoms. The number of carbonyl (C=O) groups excluding carboxylic acids is 2. The minimum absolute atomic E-state index is 0.0416. The van der Waals surface area contributed by atoms with Gasteiger partial charge in [0.15, 0.2) is 11.5 Å². The van der Waals surface area contributed by atoms with Crippen LogP contribution in [0.4, 0.5) is 10.1 Å². The van der Waals surface area contributed by atoms with E-state index in [1.807, 2.05) is 74.5 Å². The molecule has 1 N–H and O–H groups in total. The minimum Gasteiger partial charge on any atom is -0.493 e. The number of hydrogen-bond acceptors (Lipinski definition) is 6. The average Bonchev–Trinajstić information content (AvgIpc) is 3.08. The van der Waals surface area contributed by atoms with Crippen LogP contribution in [0.2, 0.25) is 0 Å². The summed E-state index contributed by atoms with van der Waals surface area (Å²) in [5.74, 6) is -0.893. The van der Waals surface area contributed by atoms with Gasteiger partial charge < -0.3 is 19.7 Å². The normalized spacial score (nSPS) is 11.9. The van der Waals surface area contributed by atoms with Gasteiger partial charge in [-0.05, 0) is 53.4 Å². The van der Waals surface area contributed by atoms with Gasteiger partial charge in [0.2, 0.25) is 11.8 Å².